The van der Waals surface area contributed by atoms with Crippen LogP contribution in [0.5, 0.6) is 0 Å². The fourth-order valence-electron chi connectivity index (χ4n) is 4.87. The van der Waals surface area contributed by atoms with Crippen LogP contribution in [0.2, 0.25) is 0 Å². The molecule has 1 atom stereocenters. The van der Waals surface area contributed by atoms with Crippen molar-refractivity contribution in [2.24, 2.45) is 5.73 Å². The van der Waals surface area contributed by atoms with Gasteiger partial charge in [0.05, 0.1) is 17.4 Å². The lowest BCUT2D eigenvalue weighted by Crippen LogP contribution is -2.30. The van der Waals surface area contributed by atoms with Crippen LogP contribution in [0.4, 0.5) is 4.39 Å². The zero-order valence-corrected chi connectivity index (χ0v) is 22.7. The summed E-state index contributed by atoms with van der Waals surface area (Å²) in [6.45, 7) is 1.55. The number of fused-ring (bicyclic) bond motifs is 2. The number of hydrogen-bond donors (Lipinski definition) is 3. The van der Waals surface area contributed by atoms with Crippen LogP contribution >= 0.6 is 0 Å². The Bertz CT molecular complexity index is 1880. The normalized spacial score (nSPS) is 11.6. The number of carbonyl (C=O) groups excluding carboxylic acids is 1. The number of nitrogens with zero attached hydrogens (tertiary/aromatic N) is 3. The van der Waals surface area contributed by atoms with Crippen molar-refractivity contribution in [1.29, 1.82) is 0 Å². The number of aryl methyl sites for hydroxylation is 1. The molecule has 0 saturated heterocycles. The first kappa shape index (κ1) is 28.2. The molecule has 0 radical (unpaired) electrons. The lowest BCUT2D eigenvalue weighted by molar-refractivity contribution is -0.122. The fourth-order valence-corrected chi connectivity index (χ4v) is 4.87. The Morgan fingerprint density at radius 3 is 2.74 bits per heavy atom. The predicted octanol–water partition coefficient (Wildman–Crippen LogP) is 5.42. The van der Waals surface area contributed by atoms with Gasteiger partial charge in [-0.2, -0.15) is 0 Å². The van der Waals surface area contributed by atoms with E-state index in [1.807, 2.05) is 54.7 Å². The number of nitrogens with two attached hydrogens (primary N) is 1. The number of hydrogen-bond acceptors (Lipinski definition) is 6. The zero-order valence-electron chi connectivity index (χ0n) is 22.7. The van der Waals surface area contributed by atoms with Gasteiger partial charge in [0, 0.05) is 46.7 Å². The van der Waals surface area contributed by atoms with E-state index in [2.05, 4.69) is 15.0 Å². The number of nitrogens with one attached hydrogen (secondary N) is 1. The minimum Gasteiger partial charge on any atom is -0.483 e. The van der Waals surface area contributed by atoms with Crippen LogP contribution < -0.4 is 5.73 Å². The van der Waals surface area contributed by atoms with E-state index in [9.17, 15) is 9.18 Å². The number of aromatic amines is 1. The van der Waals surface area contributed by atoms with Crippen molar-refractivity contribution in [2.45, 2.75) is 19.4 Å². The third kappa shape index (κ3) is 5.89. The summed E-state index contributed by atoms with van der Waals surface area (Å²) < 4.78 is 21.1. The van der Waals surface area contributed by atoms with Crippen molar-refractivity contribution in [2.75, 3.05) is 6.61 Å². The van der Waals surface area contributed by atoms with Crippen LogP contribution in [0.25, 0.3) is 38.8 Å². The summed E-state index contributed by atoms with van der Waals surface area (Å²) in [6.07, 6.45) is 7.64. The number of aromatic nitrogens is 4. The molecule has 4 N–H and O–H groups in total. The van der Waals surface area contributed by atoms with E-state index in [1.54, 1.807) is 42.0 Å². The molecule has 42 heavy (non-hydrogen) atoms. The Morgan fingerprint density at radius 1 is 1.12 bits per heavy atom. The van der Waals surface area contributed by atoms with Crippen LogP contribution in [0.15, 0.2) is 91.5 Å². The topological polar surface area (TPSA) is 136 Å². The molecule has 0 bridgehead atoms. The second-order valence-electron chi connectivity index (χ2n) is 9.68. The minimum atomic E-state index is -0.541. The molecule has 0 saturated carbocycles. The lowest BCUT2D eigenvalue weighted by atomic mass is 9.99. The Hall–Kier alpha value is -5.35. The molecule has 0 fully saturated rings. The van der Waals surface area contributed by atoms with Crippen LogP contribution in [-0.2, 0) is 16.0 Å². The van der Waals surface area contributed by atoms with E-state index in [-0.39, 0.29) is 30.8 Å². The molecule has 0 aliphatic rings. The number of ether oxygens (including phenoxy) is 1. The molecule has 6 aromatic rings. The van der Waals surface area contributed by atoms with Crippen LogP contribution in [0, 0.1) is 12.7 Å². The summed E-state index contributed by atoms with van der Waals surface area (Å²) >= 11 is 0. The van der Waals surface area contributed by atoms with E-state index in [4.69, 9.17) is 20.4 Å². The summed E-state index contributed by atoms with van der Waals surface area (Å²) in [5.74, 6) is -0.618. The van der Waals surface area contributed by atoms with Crippen molar-refractivity contribution in [3.8, 4) is 22.4 Å². The van der Waals surface area contributed by atoms with Crippen molar-refractivity contribution < 1.29 is 23.8 Å². The van der Waals surface area contributed by atoms with Gasteiger partial charge in [-0.15, -0.1) is 0 Å². The van der Waals surface area contributed by atoms with Crippen molar-refractivity contribution in [3.63, 3.8) is 0 Å². The molecule has 4 aromatic heterocycles. The Labute approximate surface area is 240 Å². The first-order valence-electron chi connectivity index (χ1n) is 13.1. The van der Waals surface area contributed by atoms with Gasteiger partial charge < -0.3 is 20.6 Å². The lowest BCUT2D eigenvalue weighted by Gasteiger charge is -2.12. The van der Waals surface area contributed by atoms with Crippen molar-refractivity contribution in [3.05, 3.63) is 114 Å². The summed E-state index contributed by atoms with van der Waals surface area (Å²) in [4.78, 5) is 33.4. The van der Waals surface area contributed by atoms with Crippen LogP contribution in [0.3, 0.4) is 0 Å². The quantitative estimate of drug-likeness (QED) is 0.174. The number of H-pyrrole nitrogens is 1. The number of benzene rings is 2. The van der Waals surface area contributed by atoms with Gasteiger partial charge in [-0.3, -0.25) is 14.2 Å². The van der Waals surface area contributed by atoms with Gasteiger partial charge in [0.2, 0.25) is 5.82 Å². The van der Waals surface area contributed by atoms with Gasteiger partial charge in [0.1, 0.15) is 12.4 Å². The first-order valence-corrected chi connectivity index (χ1v) is 13.1. The van der Waals surface area contributed by atoms with Gasteiger partial charge >= 0.3 is 5.97 Å². The van der Waals surface area contributed by atoms with Crippen LogP contribution in [-0.4, -0.2) is 49.5 Å². The summed E-state index contributed by atoms with van der Waals surface area (Å²) in [5, 5.41) is 8.00. The largest absolute Gasteiger partial charge is 0.483 e. The highest BCUT2D eigenvalue weighted by molar-refractivity contribution is 5.88. The molecule has 0 amide bonds. The van der Waals surface area contributed by atoms with E-state index < -0.39 is 5.97 Å². The highest BCUT2D eigenvalue weighted by Crippen LogP contribution is 2.32. The van der Waals surface area contributed by atoms with E-state index in [1.165, 1.54) is 6.07 Å². The molecule has 0 unspecified atom stereocenters. The maximum Gasteiger partial charge on any atom is 0.374 e. The molecule has 4 heterocycles. The summed E-state index contributed by atoms with van der Waals surface area (Å²) in [6, 6.07) is 20.3. The van der Waals surface area contributed by atoms with Gasteiger partial charge in [0.15, 0.2) is 0 Å². The van der Waals surface area contributed by atoms with E-state index in [0.717, 1.165) is 44.4 Å². The molecule has 0 aliphatic carbocycles. The second-order valence-corrected chi connectivity index (χ2v) is 9.68. The van der Waals surface area contributed by atoms with Crippen LogP contribution in [0.1, 0.15) is 21.7 Å². The number of pyridine rings is 2. The maximum absolute atomic E-state index is 13.8. The molecule has 0 spiro atoms. The molecule has 2 aromatic carbocycles. The molecular weight excluding hydrogens is 537 g/mol. The Morgan fingerprint density at radius 2 is 1.93 bits per heavy atom. The third-order valence-electron chi connectivity index (χ3n) is 6.85. The number of carbonyl (C=O) groups is 2. The number of rotatable bonds is 7. The third-order valence-corrected chi connectivity index (χ3v) is 6.85. The average Bonchev–Trinajstić information content (AvgIpc) is 3.62. The second kappa shape index (κ2) is 12.4. The molecule has 212 valence electrons. The smallest absolute Gasteiger partial charge is 0.374 e. The molecule has 6 rings (SSSR count). The Balaban J connectivity index is 0.00000113. The monoisotopic (exact) mass is 565 g/mol. The van der Waals surface area contributed by atoms with Gasteiger partial charge in [0.25, 0.3) is 6.47 Å². The highest BCUT2D eigenvalue weighted by Gasteiger charge is 2.18. The number of para-hydroxylation sites is 1. The fraction of sp³-hybridized carbons (Fsp3) is 0.125. The number of halogens is 1. The van der Waals surface area contributed by atoms with Gasteiger partial charge in [-0.25, -0.2) is 14.2 Å². The SMILES string of the molecule is Cc1cc(-c2ncccc2-c2ccn3c(C(=O)OC[C@@H](N)Cc4c[nH]c5ccccc45)ncc3c2)ccc1F.O=CO. The molecule has 9 nitrogen and oxygen atoms in total. The van der Waals surface area contributed by atoms with E-state index in [0.29, 0.717) is 12.0 Å². The average molecular weight is 566 g/mol. The number of esters is 1. The molecule has 10 heteroatoms. The van der Waals surface area contributed by atoms with Crippen molar-refractivity contribution in [1.82, 2.24) is 19.4 Å². The van der Waals surface area contributed by atoms with Gasteiger partial charge in [-0.05, 0) is 72.5 Å². The summed E-state index contributed by atoms with van der Waals surface area (Å²) in [5.41, 5.74) is 13.1. The molecule has 0 aliphatic heterocycles. The van der Waals surface area contributed by atoms with Gasteiger partial charge in [-0.1, -0.05) is 24.3 Å². The number of imidazole rings is 1. The highest BCUT2D eigenvalue weighted by atomic mass is 19.1. The van der Waals surface area contributed by atoms with E-state index >= 15 is 0 Å². The zero-order chi connectivity index (χ0) is 29.6. The first-order chi connectivity index (χ1) is 20.4. The molecular formula is C32H28FN5O4. The standard InChI is InChI=1S/C31H26FN5O2.CH2O2/c1-19-13-21(8-9-27(19)32)29-26(6-4-11-34-29)20-10-12-37-24(15-20)17-36-30(37)31(38)39-18-23(33)14-22-16-35-28-7-3-2-5-25(22)28;2-1-3/h2-13,15-17,23,35H,14,18,33H2,1H3;1H,(H,2,3)/t23-;/m0./s1. The summed E-state index contributed by atoms with van der Waals surface area (Å²) in [7, 11) is 0. The number of carboxylic acid groups (broad SMARTS) is 1. The minimum absolute atomic E-state index is 0.0709. The van der Waals surface area contributed by atoms with Crippen molar-refractivity contribution >= 4 is 28.9 Å². The maximum atomic E-state index is 13.8. The predicted molar refractivity (Wildman–Crippen MR) is 158 cm³/mol. The Kier molecular flexibility index (Phi) is 8.35.